The van der Waals surface area contributed by atoms with E-state index in [1.165, 1.54) is 0 Å². The Kier molecular flexibility index (Phi) is 52.1. The summed E-state index contributed by atoms with van der Waals surface area (Å²) in [5, 5.41) is 9.53. The zero-order valence-electron chi connectivity index (χ0n) is 32.1. The predicted octanol–water partition coefficient (Wildman–Crippen LogP) is -6.42. The average Bonchev–Trinajstić information content (AvgIpc) is 3.08. The normalized spacial score (nSPS) is 19.3. The molecule has 5 amide bonds. The first kappa shape index (κ1) is 67.2. The van der Waals surface area contributed by atoms with Crippen molar-refractivity contribution in [3.63, 3.8) is 0 Å². The summed E-state index contributed by atoms with van der Waals surface area (Å²) in [5.74, 6) is -0.186. The van der Waals surface area contributed by atoms with E-state index in [1.807, 2.05) is 6.92 Å². The molecule has 53 heavy (non-hydrogen) atoms. The first-order valence-corrected chi connectivity index (χ1v) is 17.1. The molecule has 0 spiro atoms. The van der Waals surface area contributed by atoms with Gasteiger partial charge in [0.2, 0.25) is 29.5 Å². The SMILES string of the molecule is C=CC1CCCC(=O)N1.CCOC1CCCC(=O)N1.O=C1CCCC(=O)N1.O=C1CCCC(S(=O)(=O)c2ccccc2)N1.[B].[Br-].[Br-].[CH-]=C.[CH-]=C.[H-].[Mg+2].[Mg+2].[Na+]. The van der Waals surface area contributed by atoms with Gasteiger partial charge in [0.15, 0.2) is 9.84 Å². The Hall–Kier alpha value is -0.543. The molecule has 4 saturated heterocycles. The molecule has 4 N–H and O–H groups in total. The molecule has 1 aromatic rings. The van der Waals surface area contributed by atoms with E-state index in [9.17, 15) is 32.4 Å². The molecule has 3 atom stereocenters. The molecule has 0 aromatic heterocycles. The van der Waals surface area contributed by atoms with Gasteiger partial charge in [-0.2, -0.15) is 0 Å². The first-order chi connectivity index (χ1) is 22.5. The van der Waals surface area contributed by atoms with E-state index in [0.29, 0.717) is 58.0 Å². The second-order valence-electron chi connectivity index (χ2n) is 10.3. The molecule has 19 heteroatoms. The summed E-state index contributed by atoms with van der Waals surface area (Å²) in [6, 6.07) is 8.45. The van der Waals surface area contributed by atoms with Crippen LogP contribution in [0, 0.1) is 13.2 Å². The number of carbonyl (C=O) groups is 5. The van der Waals surface area contributed by atoms with Crippen LogP contribution in [0.25, 0.3) is 0 Å². The molecule has 0 aliphatic carbocycles. The summed E-state index contributed by atoms with van der Waals surface area (Å²) < 4.78 is 29.5. The third kappa shape index (κ3) is 30.3. The topological polar surface area (TPSA) is 177 Å². The Morgan fingerprint density at radius 1 is 0.736 bits per heavy atom. The van der Waals surface area contributed by atoms with Gasteiger partial charge in [-0.25, -0.2) is 8.42 Å². The second-order valence-corrected chi connectivity index (χ2v) is 12.5. The average molecular weight is 918 g/mol. The maximum Gasteiger partial charge on any atom is 2.00 e. The smallest absolute Gasteiger partial charge is 1.00 e. The number of halogens is 2. The molecule has 0 bridgehead atoms. The van der Waals surface area contributed by atoms with Gasteiger partial charge in [0.05, 0.1) is 4.90 Å². The molecule has 4 aliphatic rings. The quantitative estimate of drug-likeness (QED) is 0.0977. The summed E-state index contributed by atoms with van der Waals surface area (Å²) in [6.07, 6.45) is 10.3. The zero-order chi connectivity index (χ0) is 35.7. The maximum absolute atomic E-state index is 12.1. The number of rotatable bonds is 5. The van der Waals surface area contributed by atoms with Gasteiger partial charge in [-0.15, -0.1) is 6.58 Å². The minimum atomic E-state index is -3.43. The molecule has 283 valence electrons. The molecule has 3 radical (unpaired) electrons. The van der Waals surface area contributed by atoms with Gasteiger partial charge in [0, 0.05) is 53.2 Å². The van der Waals surface area contributed by atoms with Crippen LogP contribution in [-0.2, 0) is 38.5 Å². The molecule has 1 aromatic carbocycles. The van der Waals surface area contributed by atoms with Crippen molar-refractivity contribution in [3.8, 4) is 0 Å². The van der Waals surface area contributed by atoms with Crippen LogP contribution >= 0.6 is 0 Å². The molecule has 4 fully saturated rings. The minimum Gasteiger partial charge on any atom is -1.00 e. The van der Waals surface area contributed by atoms with Crippen molar-refractivity contribution in [1.29, 1.82) is 0 Å². The van der Waals surface area contributed by atoms with Crippen LogP contribution in [-0.4, -0.2) is 117 Å². The summed E-state index contributed by atoms with van der Waals surface area (Å²) in [4.78, 5) is 53.6. The summed E-state index contributed by atoms with van der Waals surface area (Å²) in [5.41, 5.74) is 0. The molecule has 4 heterocycles. The third-order valence-electron chi connectivity index (χ3n) is 6.83. The van der Waals surface area contributed by atoms with Crippen molar-refractivity contribution in [1.82, 2.24) is 21.3 Å². The van der Waals surface area contributed by atoms with Crippen molar-refractivity contribution < 1.29 is 102 Å². The van der Waals surface area contributed by atoms with Gasteiger partial charge in [-0.3, -0.25) is 42.4 Å². The monoisotopic (exact) mass is 915 g/mol. The van der Waals surface area contributed by atoms with Gasteiger partial charge in [-0.05, 0) is 64.0 Å². The number of piperidine rings is 4. The van der Waals surface area contributed by atoms with Crippen molar-refractivity contribution >= 4 is 93.9 Å². The van der Waals surface area contributed by atoms with Crippen LogP contribution in [0.2, 0.25) is 0 Å². The number of benzene rings is 1. The van der Waals surface area contributed by atoms with Crippen LogP contribution < -0.4 is 84.8 Å². The number of amides is 5. The Labute approximate surface area is 395 Å². The number of hydrogen-bond donors (Lipinski definition) is 4. The second kappa shape index (κ2) is 41.1. The third-order valence-corrected chi connectivity index (χ3v) is 8.87. The Morgan fingerprint density at radius 2 is 1.17 bits per heavy atom. The number of carbonyl (C=O) groups excluding carboxylic acids is 5. The van der Waals surface area contributed by atoms with E-state index in [0.717, 1.165) is 25.7 Å². The van der Waals surface area contributed by atoms with E-state index < -0.39 is 15.2 Å². The number of nitrogens with one attached hydrogen (secondary N) is 4. The van der Waals surface area contributed by atoms with Crippen LogP contribution in [0.4, 0.5) is 0 Å². The van der Waals surface area contributed by atoms with Crippen molar-refractivity contribution in [3.05, 3.63) is 69.3 Å². The first-order valence-electron chi connectivity index (χ1n) is 15.6. The van der Waals surface area contributed by atoms with Crippen molar-refractivity contribution in [2.24, 2.45) is 0 Å². The molecule has 4 aliphatic heterocycles. The van der Waals surface area contributed by atoms with Gasteiger partial charge >= 0.3 is 75.7 Å². The Balaban J connectivity index is -0.0000000833. The van der Waals surface area contributed by atoms with Crippen molar-refractivity contribution in [2.75, 3.05) is 6.61 Å². The predicted molar refractivity (Wildman–Crippen MR) is 198 cm³/mol. The van der Waals surface area contributed by atoms with Crippen LogP contribution in [0.3, 0.4) is 0 Å². The Bertz CT molecular complexity index is 1270. The van der Waals surface area contributed by atoms with E-state index in [-0.39, 0.29) is 166 Å². The number of ether oxygens (including phenoxy) is 1. The standard InChI is InChI=1S/C11H13NO3S.C7H13NO2.C7H11NO.C5H7NO2.2C2H3.B.2BrH.2Mg.Na.H/c13-10-7-4-8-11(12-10)16(14,15)9-5-2-1-3-6-9;1-2-10-7-5-3-4-6(9)8-7;1-2-6-4-3-5-7(9)8-6;7-4-2-1-3-5(8)6-4;2*1-2;;;;;;;/h1-3,5-6,11H,4,7-8H2,(H,12,13);7H,2-5H2,1H3,(H,8,9);2,6H,1,3-5H2,(H,8,9);1-3H2,(H,6,7,8);2*1H,2H2;;2*1H;;;;/q;;;;2*-1;;;;2*+2;+1;-1/p-2. The van der Waals surface area contributed by atoms with Gasteiger partial charge in [0.1, 0.15) is 11.6 Å². The van der Waals surface area contributed by atoms with E-state index in [2.05, 4.69) is 54.2 Å². The van der Waals surface area contributed by atoms with E-state index in [4.69, 9.17) is 4.74 Å². The largest absolute Gasteiger partial charge is 2.00 e. The number of sulfone groups is 1. The van der Waals surface area contributed by atoms with Crippen LogP contribution in [0.15, 0.2) is 61.0 Å². The fourth-order valence-corrected chi connectivity index (χ4v) is 6.21. The Morgan fingerprint density at radius 3 is 1.55 bits per heavy atom. The van der Waals surface area contributed by atoms with Gasteiger partial charge in [-0.1, -0.05) is 24.3 Å². The zero-order valence-corrected chi connectivity index (χ0v) is 39.9. The summed E-state index contributed by atoms with van der Waals surface area (Å²) >= 11 is 0. The molecule has 0 saturated carbocycles. The fourth-order valence-electron chi connectivity index (χ4n) is 4.58. The molecule has 5 rings (SSSR count). The molecular weight excluding hydrogens is 867 g/mol. The summed E-state index contributed by atoms with van der Waals surface area (Å²) in [7, 11) is -3.43. The maximum atomic E-state index is 12.1. The van der Waals surface area contributed by atoms with Crippen LogP contribution in [0.5, 0.6) is 0 Å². The summed E-state index contributed by atoms with van der Waals surface area (Å²) in [6.45, 7) is 20.2. The molecular formula is C34H51BBr2Mg2N4NaO8S. The van der Waals surface area contributed by atoms with Gasteiger partial charge in [0.25, 0.3) is 0 Å². The van der Waals surface area contributed by atoms with Crippen molar-refractivity contribution in [2.45, 2.75) is 107 Å². The fraction of sp³-hybridized carbons (Fsp3) is 0.500. The molecule has 12 nitrogen and oxygen atoms in total. The number of hydrogen-bond acceptors (Lipinski definition) is 8. The van der Waals surface area contributed by atoms with E-state index >= 15 is 0 Å². The molecule has 3 unspecified atom stereocenters. The van der Waals surface area contributed by atoms with Crippen LogP contribution in [0.1, 0.15) is 85.4 Å². The number of imide groups is 1. The van der Waals surface area contributed by atoms with Gasteiger partial charge < -0.3 is 69.2 Å². The van der Waals surface area contributed by atoms with E-state index in [1.54, 1.807) is 36.4 Å². The minimum absolute atomic E-state index is 0.